The van der Waals surface area contributed by atoms with E-state index in [1.807, 2.05) is 12.3 Å². The molecule has 0 unspecified atom stereocenters. The molecule has 5 nitrogen and oxygen atoms in total. The third-order valence-electron chi connectivity index (χ3n) is 4.79. The van der Waals surface area contributed by atoms with E-state index in [1.165, 1.54) is 5.56 Å². The van der Waals surface area contributed by atoms with Crippen LogP contribution in [0.3, 0.4) is 0 Å². The van der Waals surface area contributed by atoms with Gasteiger partial charge in [-0.15, -0.1) is 0 Å². The third kappa shape index (κ3) is 4.48. The topological polar surface area (TPSA) is 44.3 Å². The van der Waals surface area contributed by atoms with E-state index < -0.39 is 0 Å². The number of nitrogens with one attached hydrogen (secondary N) is 1. The van der Waals surface area contributed by atoms with Gasteiger partial charge in [-0.1, -0.05) is 39.8 Å². The maximum atomic E-state index is 4.70. The largest absolute Gasteiger partial charge is 0.354 e. The second-order valence-corrected chi connectivity index (χ2v) is 7.61. The summed E-state index contributed by atoms with van der Waals surface area (Å²) in [5.41, 5.74) is 2.50. The minimum absolute atomic E-state index is 0.162. The molecule has 1 N–H and O–H groups in total. The lowest BCUT2D eigenvalue weighted by atomic mass is 9.87. The summed E-state index contributed by atoms with van der Waals surface area (Å²) in [5.74, 6) is 1.65. The van der Waals surface area contributed by atoms with Crippen molar-refractivity contribution < 1.29 is 0 Å². The summed E-state index contributed by atoms with van der Waals surface area (Å²) in [5, 5.41) is 3.32. The van der Waals surface area contributed by atoms with Crippen LogP contribution in [-0.4, -0.2) is 47.6 Å². The van der Waals surface area contributed by atoms with Crippen LogP contribution in [0, 0.1) is 0 Å². The number of piperazine rings is 1. The highest BCUT2D eigenvalue weighted by Crippen LogP contribution is 2.24. The monoisotopic (exact) mass is 339 g/mol. The quantitative estimate of drug-likeness (QED) is 0.921. The molecular weight excluding hydrogens is 310 g/mol. The van der Waals surface area contributed by atoms with E-state index in [2.05, 4.69) is 72.1 Å². The third-order valence-corrected chi connectivity index (χ3v) is 4.79. The average molecular weight is 339 g/mol. The molecule has 1 aliphatic heterocycles. The molecule has 1 aromatic carbocycles. The van der Waals surface area contributed by atoms with Crippen LogP contribution < -0.4 is 10.2 Å². The van der Waals surface area contributed by atoms with Gasteiger partial charge in [-0.25, -0.2) is 4.98 Å². The van der Waals surface area contributed by atoms with Crippen LogP contribution in [0.25, 0.3) is 0 Å². The number of nitrogens with zero attached hydrogens (tertiary/aromatic N) is 4. The molecule has 0 atom stereocenters. The number of anilines is 3. The Hall–Kier alpha value is -2.14. The van der Waals surface area contributed by atoms with Crippen LogP contribution >= 0.6 is 0 Å². The predicted octanol–water partition coefficient (Wildman–Crippen LogP) is 3.66. The molecule has 0 saturated carbocycles. The molecule has 25 heavy (non-hydrogen) atoms. The molecule has 0 amide bonds. The predicted molar refractivity (Wildman–Crippen MR) is 105 cm³/mol. The zero-order valence-electron chi connectivity index (χ0n) is 15.8. The summed E-state index contributed by atoms with van der Waals surface area (Å²) < 4.78 is 0. The first-order valence-electron chi connectivity index (χ1n) is 9.13. The fraction of sp³-hybridized carbons (Fsp3) is 0.500. The van der Waals surface area contributed by atoms with Crippen molar-refractivity contribution in [2.24, 2.45) is 0 Å². The van der Waals surface area contributed by atoms with E-state index in [-0.39, 0.29) is 5.41 Å². The van der Waals surface area contributed by atoms with Crippen molar-refractivity contribution in [2.45, 2.75) is 33.1 Å². The molecule has 1 fully saturated rings. The fourth-order valence-corrected chi connectivity index (χ4v) is 3.06. The Morgan fingerprint density at radius 2 is 1.68 bits per heavy atom. The summed E-state index contributed by atoms with van der Waals surface area (Å²) in [6, 6.07) is 10.5. The summed E-state index contributed by atoms with van der Waals surface area (Å²) in [6.07, 6.45) is 1.83. The lowest BCUT2D eigenvalue weighted by Gasteiger charge is -2.34. The Morgan fingerprint density at radius 3 is 2.28 bits per heavy atom. The number of aromatic nitrogens is 2. The van der Waals surface area contributed by atoms with Gasteiger partial charge >= 0.3 is 0 Å². The summed E-state index contributed by atoms with van der Waals surface area (Å²) in [4.78, 5) is 13.9. The van der Waals surface area contributed by atoms with Gasteiger partial charge in [-0.2, -0.15) is 4.98 Å². The Balaban J connectivity index is 1.68. The first-order valence-corrected chi connectivity index (χ1v) is 9.13. The molecule has 0 bridgehead atoms. The van der Waals surface area contributed by atoms with E-state index in [9.17, 15) is 0 Å². The van der Waals surface area contributed by atoms with E-state index in [1.54, 1.807) is 0 Å². The van der Waals surface area contributed by atoms with Crippen molar-refractivity contribution in [3.63, 3.8) is 0 Å². The van der Waals surface area contributed by atoms with Gasteiger partial charge in [0.2, 0.25) is 5.95 Å². The van der Waals surface area contributed by atoms with E-state index >= 15 is 0 Å². The molecule has 1 saturated heterocycles. The molecule has 0 aliphatic carbocycles. The molecule has 1 aromatic heterocycles. The minimum atomic E-state index is 0.162. The molecule has 5 heteroatoms. The number of hydrogen-bond donors (Lipinski definition) is 1. The Kier molecular flexibility index (Phi) is 5.23. The van der Waals surface area contributed by atoms with Gasteiger partial charge in [0.25, 0.3) is 0 Å². The standard InChI is InChI=1S/C20H29N5/c1-5-24-12-14-25(15-13-24)18-10-11-21-19(23-18)22-17-8-6-16(7-9-17)20(2,3)4/h6-11H,5,12-15H2,1-4H3,(H,21,22,23). The van der Waals surface area contributed by atoms with Crippen LogP contribution in [0.4, 0.5) is 17.5 Å². The lowest BCUT2D eigenvalue weighted by Crippen LogP contribution is -2.46. The average Bonchev–Trinajstić information content (AvgIpc) is 2.62. The second-order valence-electron chi connectivity index (χ2n) is 7.61. The van der Waals surface area contributed by atoms with E-state index in [4.69, 9.17) is 4.98 Å². The molecule has 1 aliphatic rings. The van der Waals surface area contributed by atoms with Gasteiger partial charge < -0.3 is 15.1 Å². The maximum absolute atomic E-state index is 4.70. The molecular formula is C20H29N5. The minimum Gasteiger partial charge on any atom is -0.354 e. The summed E-state index contributed by atoms with van der Waals surface area (Å²) in [7, 11) is 0. The van der Waals surface area contributed by atoms with Crippen LogP contribution in [0.5, 0.6) is 0 Å². The van der Waals surface area contributed by atoms with Gasteiger partial charge in [-0.3, -0.25) is 0 Å². The number of hydrogen-bond acceptors (Lipinski definition) is 5. The molecule has 2 aromatic rings. The van der Waals surface area contributed by atoms with Crippen LogP contribution in [-0.2, 0) is 5.41 Å². The Morgan fingerprint density at radius 1 is 1.00 bits per heavy atom. The van der Waals surface area contributed by atoms with Crippen molar-refractivity contribution in [2.75, 3.05) is 42.9 Å². The highest BCUT2D eigenvalue weighted by Gasteiger charge is 2.17. The SMILES string of the molecule is CCN1CCN(c2ccnc(Nc3ccc(C(C)(C)C)cc3)n2)CC1. The smallest absolute Gasteiger partial charge is 0.229 e. The Labute approximate surface area is 151 Å². The summed E-state index contributed by atoms with van der Waals surface area (Å²) >= 11 is 0. The van der Waals surface area contributed by atoms with Crippen molar-refractivity contribution in [1.82, 2.24) is 14.9 Å². The first kappa shape index (κ1) is 17.7. The van der Waals surface area contributed by atoms with Crippen molar-refractivity contribution in [3.05, 3.63) is 42.1 Å². The fourth-order valence-electron chi connectivity index (χ4n) is 3.06. The maximum Gasteiger partial charge on any atom is 0.229 e. The van der Waals surface area contributed by atoms with Gasteiger partial charge in [0.15, 0.2) is 0 Å². The molecule has 0 spiro atoms. The van der Waals surface area contributed by atoms with Gasteiger partial charge in [0, 0.05) is 38.1 Å². The van der Waals surface area contributed by atoms with E-state index in [0.29, 0.717) is 5.95 Å². The van der Waals surface area contributed by atoms with Crippen molar-refractivity contribution >= 4 is 17.5 Å². The van der Waals surface area contributed by atoms with Crippen LogP contribution in [0.2, 0.25) is 0 Å². The highest BCUT2D eigenvalue weighted by atomic mass is 15.3. The number of rotatable bonds is 4. The lowest BCUT2D eigenvalue weighted by molar-refractivity contribution is 0.270. The van der Waals surface area contributed by atoms with Gasteiger partial charge in [-0.05, 0) is 35.7 Å². The summed E-state index contributed by atoms with van der Waals surface area (Å²) in [6.45, 7) is 14.2. The van der Waals surface area contributed by atoms with Crippen molar-refractivity contribution in [1.29, 1.82) is 0 Å². The zero-order valence-corrected chi connectivity index (χ0v) is 15.8. The molecule has 0 radical (unpaired) electrons. The number of benzene rings is 1. The molecule has 2 heterocycles. The second kappa shape index (κ2) is 7.40. The zero-order chi connectivity index (χ0) is 17.9. The molecule has 3 rings (SSSR count). The normalized spacial score (nSPS) is 16.1. The molecule has 134 valence electrons. The van der Waals surface area contributed by atoms with Crippen LogP contribution in [0.15, 0.2) is 36.5 Å². The Bertz CT molecular complexity index is 682. The van der Waals surface area contributed by atoms with Crippen LogP contribution in [0.1, 0.15) is 33.3 Å². The van der Waals surface area contributed by atoms with E-state index in [0.717, 1.165) is 44.2 Å². The van der Waals surface area contributed by atoms with Gasteiger partial charge in [0.05, 0.1) is 0 Å². The first-order chi connectivity index (χ1) is 12.0. The van der Waals surface area contributed by atoms with Gasteiger partial charge in [0.1, 0.15) is 5.82 Å². The number of likely N-dealkylation sites (N-methyl/N-ethyl adjacent to an activating group) is 1. The highest BCUT2D eigenvalue weighted by molar-refractivity contribution is 5.56. The van der Waals surface area contributed by atoms with Crippen molar-refractivity contribution in [3.8, 4) is 0 Å².